The molecule has 2 heterocycles. The summed E-state index contributed by atoms with van der Waals surface area (Å²) in [5.74, 6) is 0.484. The molecule has 1 N–H and O–H groups in total. The molecule has 2 rings (SSSR count). The minimum absolute atomic E-state index is 0.128. The van der Waals surface area contributed by atoms with Crippen LogP contribution in [-0.2, 0) is 11.3 Å². The van der Waals surface area contributed by atoms with Crippen molar-refractivity contribution in [3.05, 3.63) is 51.1 Å². The number of hydrogen-bond acceptors (Lipinski definition) is 5. The van der Waals surface area contributed by atoms with Crippen molar-refractivity contribution < 1.29 is 4.79 Å². The van der Waals surface area contributed by atoms with Gasteiger partial charge in [-0.3, -0.25) is 19.5 Å². The maximum absolute atomic E-state index is 12.7. The van der Waals surface area contributed by atoms with Gasteiger partial charge in [-0.05, 0) is 57.4 Å². The standard InChI is InChI=1S/C20H29N3O2S.C2H6/c1-4-5-6-19(26-3)15(2)13-18(24)16-7-11-23(12-8-16)14-17-20(25)22-10-9-21-17;1-2/h4-5,9-10,16H,6-8,11-14H2,1-3H3,(H,22,25);1-2H3/b5-4-,19-15-;. The van der Waals surface area contributed by atoms with Gasteiger partial charge in [-0.2, -0.15) is 0 Å². The van der Waals surface area contributed by atoms with E-state index >= 15 is 0 Å². The molecule has 28 heavy (non-hydrogen) atoms. The molecule has 5 nitrogen and oxygen atoms in total. The molecule has 0 atom stereocenters. The fourth-order valence-electron chi connectivity index (χ4n) is 3.28. The molecule has 1 fully saturated rings. The van der Waals surface area contributed by atoms with Crippen LogP contribution in [0.5, 0.6) is 0 Å². The molecular weight excluding hydrogens is 370 g/mol. The van der Waals surface area contributed by atoms with Crippen LogP contribution in [0.25, 0.3) is 0 Å². The summed E-state index contributed by atoms with van der Waals surface area (Å²) in [5, 5.41) is 0. The van der Waals surface area contributed by atoms with Crippen LogP contribution in [0.4, 0.5) is 0 Å². The Morgan fingerprint density at radius 2 is 2.04 bits per heavy atom. The molecule has 1 saturated heterocycles. The number of aromatic nitrogens is 2. The van der Waals surface area contributed by atoms with E-state index in [1.807, 2.05) is 26.8 Å². The fraction of sp³-hybridized carbons (Fsp3) is 0.591. The summed E-state index contributed by atoms with van der Waals surface area (Å²) in [6.07, 6.45) is 12.6. The Balaban J connectivity index is 0.00000190. The number of likely N-dealkylation sites (tertiary alicyclic amines) is 1. The predicted octanol–water partition coefficient (Wildman–Crippen LogP) is 4.57. The average Bonchev–Trinajstić information content (AvgIpc) is 2.72. The van der Waals surface area contributed by atoms with E-state index in [-0.39, 0.29) is 11.5 Å². The van der Waals surface area contributed by atoms with E-state index < -0.39 is 0 Å². The number of piperidine rings is 1. The Morgan fingerprint density at radius 3 is 2.61 bits per heavy atom. The van der Waals surface area contributed by atoms with Crippen LogP contribution in [0.1, 0.15) is 59.1 Å². The molecule has 6 heteroatoms. The van der Waals surface area contributed by atoms with Gasteiger partial charge in [-0.1, -0.05) is 31.6 Å². The summed E-state index contributed by atoms with van der Waals surface area (Å²) in [4.78, 5) is 34.7. The third kappa shape index (κ3) is 7.76. The third-order valence-corrected chi connectivity index (χ3v) is 5.91. The second-order valence-corrected chi connectivity index (χ2v) is 7.64. The smallest absolute Gasteiger partial charge is 0.270 e. The van der Waals surface area contributed by atoms with Gasteiger partial charge in [0.2, 0.25) is 0 Å². The molecule has 1 aromatic heterocycles. The number of aromatic amines is 1. The summed E-state index contributed by atoms with van der Waals surface area (Å²) in [7, 11) is 0. The van der Waals surface area contributed by atoms with Gasteiger partial charge >= 0.3 is 0 Å². The average molecular weight is 406 g/mol. The molecule has 0 saturated carbocycles. The zero-order chi connectivity index (χ0) is 20.9. The van der Waals surface area contributed by atoms with Crippen molar-refractivity contribution in [2.24, 2.45) is 5.92 Å². The first-order valence-electron chi connectivity index (χ1n) is 10.2. The number of Topliss-reactive ketones (excluding diaryl/α,β-unsaturated/α-hetero) is 1. The minimum Gasteiger partial charge on any atom is -0.326 e. The second kappa shape index (κ2) is 13.5. The van der Waals surface area contributed by atoms with Gasteiger partial charge in [0.15, 0.2) is 0 Å². The van der Waals surface area contributed by atoms with Crippen LogP contribution >= 0.6 is 11.8 Å². The third-order valence-electron chi connectivity index (χ3n) is 4.90. The van der Waals surface area contributed by atoms with Crippen LogP contribution in [0, 0.1) is 5.92 Å². The number of nitrogens with zero attached hydrogens (tertiary/aromatic N) is 2. The molecule has 1 aromatic rings. The largest absolute Gasteiger partial charge is 0.326 e. The Hall–Kier alpha value is -1.66. The number of allylic oxidation sites excluding steroid dienone is 4. The van der Waals surface area contributed by atoms with Crippen molar-refractivity contribution in [3.63, 3.8) is 0 Å². The molecule has 0 spiro atoms. The molecule has 156 valence electrons. The van der Waals surface area contributed by atoms with Crippen LogP contribution in [-0.4, -0.2) is 40.0 Å². The quantitative estimate of drug-likeness (QED) is 0.642. The maximum Gasteiger partial charge on any atom is 0.270 e. The Bertz CT molecular complexity index is 716. The molecule has 0 amide bonds. The van der Waals surface area contributed by atoms with E-state index in [4.69, 9.17) is 0 Å². The zero-order valence-electron chi connectivity index (χ0n) is 18.0. The number of H-pyrrole nitrogens is 1. The topological polar surface area (TPSA) is 66.1 Å². The van der Waals surface area contributed by atoms with Gasteiger partial charge in [0.1, 0.15) is 11.5 Å². The number of nitrogens with one attached hydrogen (secondary N) is 1. The molecular formula is C22H35N3O2S. The predicted molar refractivity (Wildman–Crippen MR) is 119 cm³/mol. The van der Waals surface area contributed by atoms with E-state index in [2.05, 4.69) is 34.1 Å². The molecule has 0 bridgehead atoms. The number of carbonyl (C=O) groups excluding carboxylic acids is 1. The summed E-state index contributed by atoms with van der Waals surface area (Å²) >= 11 is 1.74. The molecule has 1 aliphatic rings. The minimum atomic E-state index is -0.128. The van der Waals surface area contributed by atoms with E-state index in [1.54, 1.807) is 24.2 Å². The first kappa shape index (κ1) is 24.4. The molecule has 1 aliphatic heterocycles. The molecule has 0 aliphatic carbocycles. The van der Waals surface area contributed by atoms with Gasteiger partial charge < -0.3 is 4.98 Å². The highest BCUT2D eigenvalue weighted by molar-refractivity contribution is 8.02. The van der Waals surface area contributed by atoms with Gasteiger partial charge in [0.25, 0.3) is 5.56 Å². The number of rotatable bonds is 8. The Labute approximate surface area is 173 Å². The first-order valence-corrected chi connectivity index (χ1v) is 11.4. The van der Waals surface area contributed by atoms with E-state index in [0.717, 1.165) is 32.4 Å². The van der Waals surface area contributed by atoms with Crippen molar-refractivity contribution in [2.45, 2.75) is 59.9 Å². The van der Waals surface area contributed by atoms with Gasteiger partial charge in [0, 0.05) is 31.3 Å². The second-order valence-electron chi connectivity index (χ2n) is 6.74. The van der Waals surface area contributed by atoms with Gasteiger partial charge in [0.05, 0.1) is 0 Å². The van der Waals surface area contributed by atoms with Crippen molar-refractivity contribution in [3.8, 4) is 0 Å². The highest BCUT2D eigenvalue weighted by Crippen LogP contribution is 2.27. The zero-order valence-corrected chi connectivity index (χ0v) is 18.8. The summed E-state index contributed by atoms with van der Waals surface area (Å²) in [6.45, 7) is 10.3. The van der Waals surface area contributed by atoms with Crippen LogP contribution in [0.15, 0.2) is 39.8 Å². The van der Waals surface area contributed by atoms with Crippen LogP contribution in [0.3, 0.4) is 0 Å². The van der Waals surface area contributed by atoms with Gasteiger partial charge in [-0.15, -0.1) is 11.8 Å². The van der Waals surface area contributed by atoms with Crippen molar-refractivity contribution in [1.29, 1.82) is 0 Å². The number of thioether (sulfide) groups is 1. The monoisotopic (exact) mass is 405 g/mol. The van der Waals surface area contributed by atoms with Gasteiger partial charge in [-0.25, -0.2) is 0 Å². The number of hydrogen-bond donors (Lipinski definition) is 1. The summed E-state index contributed by atoms with van der Waals surface area (Å²) in [6, 6.07) is 0. The van der Waals surface area contributed by atoms with Crippen LogP contribution in [0.2, 0.25) is 0 Å². The van der Waals surface area contributed by atoms with Crippen molar-refractivity contribution in [1.82, 2.24) is 14.9 Å². The van der Waals surface area contributed by atoms with E-state index in [9.17, 15) is 9.59 Å². The van der Waals surface area contributed by atoms with E-state index in [1.165, 1.54) is 10.5 Å². The van der Waals surface area contributed by atoms with Crippen molar-refractivity contribution in [2.75, 3.05) is 19.3 Å². The first-order chi connectivity index (χ1) is 13.5. The van der Waals surface area contributed by atoms with E-state index in [0.29, 0.717) is 24.4 Å². The number of carbonyl (C=O) groups is 1. The fourth-order valence-corrected chi connectivity index (χ4v) is 3.96. The normalized spacial score (nSPS) is 16.5. The van der Waals surface area contributed by atoms with Crippen molar-refractivity contribution >= 4 is 17.5 Å². The Morgan fingerprint density at radius 1 is 1.36 bits per heavy atom. The van der Waals surface area contributed by atoms with Crippen LogP contribution < -0.4 is 5.56 Å². The SMILES string of the molecule is C/C=C\C/C(SC)=C(\C)CC(=O)C1CCN(Cc2ncc[nH]c2=O)CC1.CC. The highest BCUT2D eigenvalue weighted by Gasteiger charge is 2.25. The lowest BCUT2D eigenvalue weighted by Crippen LogP contribution is -2.37. The lowest BCUT2D eigenvalue weighted by molar-refractivity contribution is -0.123. The lowest BCUT2D eigenvalue weighted by Gasteiger charge is -2.30. The molecule has 0 aromatic carbocycles. The number of ketones is 1. The molecule has 0 radical (unpaired) electrons. The highest BCUT2D eigenvalue weighted by atomic mass is 32.2. The summed E-state index contributed by atoms with van der Waals surface area (Å²) in [5.41, 5.74) is 1.62. The lowest BCUT2D eigenvalue weighted by atomic mass is 9.89. The summed E-state index contributed by atoms with van der Waals surface area (Å²) < 4.78 is 0. The molecule has 0 unspecified atom stereocenters. The Kier molecular flexibility index (Phi) is 11.8. The maximum atomic E-state index is 12.7.